The predicted octanol–water partition coefficient (Wildman–Crippen LogP) is 3.63. The molecule has 0 fully saturated rings. The third-order valence-corrected chi connectivity index (χ3v) is 3.84. The third-order valence-electron chi connectivity index (χ3n) is 3.04. The SMILES string of the molecule is CSc1ccccc1NC(=O)C(C)Oc1cccc(C=O)c1. The van der Waals surface area contributed by atoms with Crippen molar-refractivity contribution in [1.82, 2.24) is 0 Å². The Labute approximate surface area is 133 Å². The largest absolute Gasteiger partial charge is 0.481 e. The van der Waals surface area contributed by atoms with Crippen LogP contribution in [0.15, 0.2) is 53.4 Å². The second kappa shape index (κ2) is 7.66. The quantitative estimate of drug-likeness (QED) is 0.653. The molecule has 0 saturated carbocycles. The molecule has 22 heavy (non-hydrogen) atoms. The van der Waals surface area contributed by atoms with Crippen LogP contribution < -0.4 is 10.1 Å². The van der Waals surface area contributed by atoms with Crippen LogP contribution in [-0.2, 0) is 4.79 Å². The highest BCUT2D eigenvalue weighted by Gasteiger charge is 2.16. The predicted molar refractivity (Wildman–Crippen MR) is 88.8 cm³/mol. The van der Waals surface area contributed by atoms with Crippen molar-refractivity contribution in [2.75, 3.05) is 11.6 Å². The number of hydrogen-bond acceptors (Lipinski definition) is 4. The van der Waals surface area contributed by atoms with Gasteiger partial charge in [-0.25, -0.2) is 0 Å². The summed E-state index contributed by atoms with van der Waals surface area (Å²) in [5.41, 5.74) is 1.27. The first-order valence-electron chi connectivity index (χ1n) is 6.80. The Hall–Kier alpha value is -2.27. The van der Waals surface area contributed by atoms with Gasteiger partial charge in [-0.3, -0.25) is 9.59 Å². The molecule has 114 valence electrons. The number of carbonyl (C=O) groups excluding carboxylic acids is 2. The standard InChI is InChI=1S/C17H17NO3S/c1-12(21-14-7-5-6-13(10-14)11-19)17(20)18-15-8-3-4-9-16(15)22-2/h3-12H,1-2H3,(H,18,20). The number of benzene rings is 2. The molecule has 2 aromatic carbocycles. The van der Waals surface area contributed by atoms with Crippen LogP contribution in [0.5, 0.6) is 5.75 Å². The number of ether oxygens (including phenoxy) is 1. The Morgan fingerprint density at radius 1 is 1.23 bits per heavy atom. The fraction of sp³-hybridized carbons (Fsp3) is 0.176. The number of carbonyl (C=O) groups is 2. The molecule has 0 aliphatic heterocycles. The van der Waals surface area contributed by atoms with E-state index in [2.05, 4.69) is 5.32 Å². The molecule has 0 aliphatic rings. The molecule has 0 aliphatic carbocycles. The van der Waals surface area contributed by atoms with Gasteiger partial charge < -0.3 is 10.1 Å². The Kier molecular flexibility index (Phi) is 5.61. The molecule has 4 nitrogen and oxygen atoms in total. The minimum absolute atomic E-state index is 0.238. The summed E-state index contributed by atoms with van der Waals surface area (Å²) >= 11 is 1.56. The summed E-state index contributed by atoms with van der Waals surface area (Å²) in [6.45, 7) is 1.67. The third kappa shape index (κ3) is 4.11. The Balaban J connectivity index is 2.04. The lowest BCUT2D eigenvalue weighted by Gasteiger charge is -2.16. The number of anilines is 1. The maximum atomic E-state index is 12.2. The second-order valence-electron chi connectivity index (χ2n) is 4.64. The van der Waals surface area contributed by atoms with Gasteiger partial charge in [0.1, 0.15) is 12.0 Å². The molecule has 0 heterocycles. The molecule has 1 N–H and O–H groups in total. The molecule has 0 saturated heterocycles. The van der Waals surface area contributed by atoms with Crippen molar-refractivity contribution < 1.29 is 14.3 Å². The first-order valence-corrected chi connectivity index (χ1v) is 8.02. The van der Waals surface area contributed by atoms with Gasteiger partial charge in [-0.05, 0) is 37.4 Å². The number of thioether (sulfide) groups is 1. The molecular formula is C17H17NO3S. The summed E-state index contributed by atoms with van der Waals surface area (Å²) in [6.07, 6.45) is 2.03. The Morgan fingerprint density at radius 2 is 2.00 bits per heavy atom. The Bertz CT molecular complexity index is 672. The van der Waals surface area contributed by atoms with E-state index in [1.165, 1.54) is 0 Å². The van der Waals surface area contributed by atoms with Gasteiger partial charge in [0.25, 0.3) is 5.91 Å². The minimum Gasteiger partial charge on any atom is -0.481 e. The van der Waals surface area contributed by atoms with Crippen LogP contribution in [0.1, 0.15) is 17.3 Å². The van der Waals surface area contributed by atoms with Crippen LogP contribution in [0, 0.1) is 0 Å². The molecule has 0 spiro atoms. The minimum atomic E-state index is -0.670. The lowest BCUT2D eigenvalue weighted by molar-refractivity contribution is -0.122. The lowest BCUT2D eigenvalue weighted by Crippen LogP contribution is -2.30. The van der Waals surface area contributed by atoms with Gasteiger partial charge in [0.05, 0.1) is 5.69 Å². The van der Waals surface area contributed by atoms with Gasteiger partial charge in [-0.2, -0.15) is 0 Å². The van der Waals surface area contributed by atoms with Crippen molar-refractivity contribution >= 4 is 29.6 Å². The van der Waals surface area contributed by atoms with E-state index >= 15 is 0 Å². The topological polar surface area (TPSA) is 55.4 Å². The van der Waals surface area contributed by atoms with Crippen LogP contribution in [0.25, 0.3) is 0 Å². The van der Waals surface area contributed by atoms with Crippen LogP contribution in [0.4, 0.5) is 5.69 Å². The van der Waals surface area contributed by atoms with Crippen LogP contribution in [-0.4, -0.2) is 24.6 Å². The van der Waals surface area contributed by atoms with E-state index in [9.17, 15) is 9.59 Å². The Morgan fingerprint density at radius 3 is 2.73 bits per heavy atom. The summed E-state index contributed by atoms with van der Waals surface area (Å²) in [5, 5.41) is 2.86. The van der Waals surface area contributed by atoms with Crippen molar-refractivity contribution in [3.05, 3.63) is 54.1 Å². The molecule has 0 radical (unpaired) electrons. The normalized spacial score (nSPS) is 11.5. The van der Waals surface area contributed by atoms with Crippen molar-refractivity contribution in [1.29, 1.82) is 0 Å². The smallest absolute Gasteiger partial charge is 0.265 e. The fourth-order valence-electron chi connectivity index (χ4n) is 1.90. The van der Waals surface area contributed by atoms with E-state index in [1.807, 2.05) is 30.5 Å². The first kappa shape index (κ1) is 16.1. The first-order chi connectivity index (χ1) is 10.6. The zero-order valence-electron chi connectivity index (χ0n) is 12.4. The van der Waals surface area contributed by atoms with Gasteiger partial charge in [-0.15, -0.1) is 11.8 Å². The van der Waals surface area contributed by atoms with Gasteiger partial charge in [0, 0.05) is 10.5 Å². The molecule has 5 heteroatoms. The van der Waals surface area contributed by atoms with E-state index in [-0.39, 0.29) is 5.91 Å². The van der Waals surface area contributed by atoms with Crippen molar-refractivity contribution in [3.8, 4) is 5.75 Å². The molecule has 2 rings (SSSR count). The monoisotopic (exact) mass is 315 g/mol. The van der Waals surface area contributed by atoms with Crippen LogP contribution in [0.3, 0.4) is 0 Å². The summed E-state index contributed by atoms with van der Waals surface area (Å²) in [4.78, 5) is 24.0. The van der Waals surface area contributed by atoms with E-state index in [0.717, 1.165) is 16.9 Å². The molecule has 1 amide bonds. The lowest BCUT2D eigenvalue weighted by atomic mass is 10.2. The van der Waals surface area contributed by atoms with Gasteiger partial charge >= 0.3 is 0 Å². The van der Waals surface area contributed by atoms with E-state index in [1.54, 1.807) is 43.0 Å². The van der Waals surface area contributed by atoms with Crippen LogP contribution >= 0.6 is 11.8 Å². The second-order valence-corrected chi connectivity index (χ2v) is 5.49. The number of rotatable bonds is 6. The molecular weight excluding hydrogens is 298 g/mol. The maximum Gasteiger partial charge on any atom is 0.265 e. The molecule has 0 bridgehead atoms. The van der Waals surface area contributed by atoms with Gasteiger partial charge in [-0.1, -0.05) is 24.3 Å². The average Bonchev–Trinajstić information content (AvgIpc) is 2.55. The summed E-state index contributed by atoms with van der Waals surface area (Å²) in [7, 11) is 0. The fourth-order valence-corrected chi connectivity index (χ4v) is 2.45. The van der Waals surface area contributed by atoms with Crippen LogP contribution in [0.2, 0.25) is 0 Å². The molecule has 2 aromatic rings. The number of nitrogens with one attached hydrogen (secondary N) is 1. The van der Waals surface area contributed by atoms with Gasteiger partial charge in [0.2, 0.25) is 0 Å². The molecule has 1 atom stereocenters. The van der Waals surface area contributed by atoms with Crippen molar-refractivity contribution in [2.24, 2.45) is 0 Å². The number of para-hydroxylation sites is 1. The average molecular weight is 315 g/mol. The number of aldehydes is 1. The zero-order valence-corrected chi connectivity index (χ0v) is 13.2. The van der Waals surface area contributed by atoms with Crippen molar-refractivity contribution in [3.63, 3.8) is 0 Å². The van der Waals surface area contributed by atoms with E-state index in [0.29, 0.717) is 11.3 Å². The number of hydrogen-bond donors (Lipinski definition) is 1. The highest BCUT2D eigenvalue weighted by atomic mass is 32.2. The number of amides is 1. The molecule has 0 aromatic heterocycles. The highest BCUT2D eigenvalue weighted by Crippen LogP contribution is 2.25. The summed E-state index contributed by atoms with van der Waals surface area (Å²) in [6, 6.07) is 14.3. The van der Waals surface area contributed by atoms with E-state index < -0.39 is 6.10 Å². The van der Waals surface area contributed by atoms with Crippen molar-refractivity contribution in [2.45, 2.75) is 17.9 Å². The van der Waals surface area contributed by atoms with E-state index in [4.69, 9.17) is 4.74 Å². The maximum absolute atomic E-state index is 12.2. The summed E-state index contributed by atoms with van der Waals surface area (Å²) < 4.78 is 5.59. The van der Waals surface area contributed by atoms with Gasteiger partial charge in [0.15, 0.2) is 6.10 Å². The molecule has 1 unspecified atom stereocenters. The zero-order chi connectivity index (χ0) is 15.9. The highest BCUT2D eigenvalue weighted by molar-refractivity contribution is 7.98. The summed E-state index contributed by atoms with van der Waals surface area (Å²) in [5.74, 6) is 0.253.